The van der Waals surface area contributed by atoms with Crippen LogP contribution in [0.25, 0.3) is 0 Å². The van der Waals surface area contributed by atoms with E-state index in [2.05, 4.69) is 0 Å². The summed E-state index contributed by atoms with van der Waals surface area (Å²) in [7, 11) is 1.42. The number of hydrogen-bond donors (Lipinski definition) is 0. The van der Waals surface area contributed by atoms with Gasteiger partial charge in [-0.2, -0.15) is 0 Å². The van der Waals surface area contributed by atoms with E-state index in [1.54, 1.807) is 6.92 Å². The van der Waals surface area contributed by atoms with Gasteiger partial charge in [0.15, 0.2) is 0 Å². The van der Waals surface area contributed by atoms with Gasteiger partial charge in [0.25, 0.3) is 9.05 Å². The van der Waals surface area contributed by atoms with Crippen LogP contribution in [0.4, 0.5) is 8.78 Å². The molecule has 0 saturated carbocycles. The fraction of sp³-hybridized carbons (Fsp3) is 0.143. The maximum atomic E-state index is 13.4. The molecule has 0 spiro atoms. The summed E-state index contributed by atoms with van der Waals surface area (Å²) in [4.78, 5) is -0.0500. The maximum absolute atomic E-state index is 13.4. The first-order valence-corrected chi connectivity index (χ1v) is 8.20. The molecular formula is C14H11ClF2O3S. The van der Waals surface area contributed by atoms with Gasteiger partial charge in [-0.25, -0.2) is 17.2 Å². The van der Waals surface area contributed by atoms with Gasteiger partial charge >= 0.3 is 0 Å². The molecule has 0 aromatic heterocycles. The topological polar surface area (TPSA) is 43.4 Å². The number of rotatable bonds is 4. The standard InChI is InChI=1S/C14H11ClF2O3S/c1-9-6-12(21(15,18)19)3-5-14(9)20-8-10-7-11(16)2-4-13(10)17/h2-7H,8H2,1H3. The Morgan fingerprint density at radius 3 is 2.48 bits per heavy atom. The Morgan fingerprint density at radius 1 is 1.14 bits per heavy atom. The van der Waals surface area contributed by atoms with Crippen LogP contribution in [0.2, 0.25) is 0 Å². The monoisotopic (exact) mass is 332 g/mol. The molecule has 0 fully saturated rings. The van der Waals surface area contributed by atoms with Crippen molar-refractivity contribution in [3.05, 3.63) is 59.2 Å². The van der Waals surface area contributed by atoms with Crippen LogP contribution in [0.3, 0.4) is 0 Å². The van der Waals surface area contributed by atoms with Gasteiger partial charge in [-0.15, -0.1) is 0 Å². The lowest BCUT2D eigenvalue weighted by Crippen LogP contribution is -2.01. The molecule has 0 bridgehead atoms. The van der Waals surface area contributed by atoms with Crippen LogP contribution >= 0.6 is 10.7 Å². The Hall–Kier alpha value is -1.66. The number of aryl methyl sites for hydroxylation is 1. The Balaban J connectivity index is 2.19. The molecule has 0 heterocycles. The molecule has 0 unspecified atom stereocenters. The van der Waals surface area contributed by atoms with E-state index < -0.39 is 20.7 Å². The predicted octanol–water partition coefficient (Wildman–Crippen LogP) is 3.78. The summed E-state index contributed by atoms with van der Waals surface area (Å²) >= 11 is 0. The van der Waals surface area contributed by atoms with E-state index >= 15 is 0 Å². The first kappa shape index (κ1) is 15.7. The molecule has 0 atom stereocenters. The quantitative estimate of drug-likeness (QED) is 0.800. The zero-order chi connectivity index (χ0) is 15.6. The molecule has 2 aromatic carbocycles. The van der Waals surface area contributed by atoms with Gasteiger partial charge in [0, 0.05) is 16.2 Å². The van der Waals surface area contributed by atoms with Crippen molar-refractivity contribution in [3.8, 4) is 5.75 Å². The van der Waals surface area contributed by atoms with Gasteiger partial charge in [-0.3, -0.25) is 0 Å². The highest BCUT2D eigenvalue weighted by atomic mass is 35.7. The molecule has 0 aliphatic heterocycles. The van der Waals surface area contributed by atoms with Crippen LogP contribution in [0.15, 0.2) is 41.3 Å². The lowest BCUT2D eigenvalue weighted by Gasteiger charge is -2.10. The molecule has 0 N–H and O–H groups in total. The molecule has 0 aliphatic rings. The first-order valence-electron chi connectivity index (χ1n) is 5.89. The second-order valence-corrected chi connectivity index (χ2v) is 6.96. The second kappa shape index (κ2) is 5.99. The summed E-state index contributed by atoms with van der Waals surface area (Å²) in [6.45, 7) is 1.46. The van der Waals surface area contributed by atoms with Crippen LogP contribution in [-0.2, 0) is 15.7 Å². The van der Waals surface area contributed by atoms with Gasteiger partial charge in [-0.05, 0) is 48.9 Å². The summed E-state index contributed by atoms with van der Waals surface area (Å²) in [5, 5.41) is 0. The molecule has 0 saturated heterocycles. The van der Waals surface area contributed by atoms with E-state index in [9.17, 15) is 17.2 Å². The average Bonchev–Trinajstić information content (AvgIpc) is 2.40. The molecule has 21 heavy (non-hydrogen) atoms. The minimum Gasteiger partial charge on any atom is -0.489 e. The molecule has 3 nitrogen and oxygen atoms in total. The van der Waals surface area contributed by atoms with Crippen LogP contribution < -0.4 is 4.74 Å². The molecule has 2 aromatic rings. The van der Waals surface area contributed by atoms with E-state index in [4.69, 9.17) is 15.4 Å². The molecule has 0 amide bonds. The highest BCUT2D eigenvalue weighted by Gasteiger charge is 2.12. The lowest BCUT2D eigenvalue weighted by atomic mass is 10.2. The van der Waals surface area contributed by atoms with Crippen molar-refractivity contribution >= 4 is 19.7 Å². The third-order valence-electron chi connectivity index (χ3n) is 2.82. The van der Waals surface area contributed by atoms with Crippen molar-refractivity contribution in [1.82, 2.24) is 0 Å². The Labute approximate surface area is 125 Å². The largest absolute Gasteiger partial charge is 0.489 e. The van der Waals surface area contributed by atoms with Crippen molar-refractivity contribution in [3.63, 3.8) is 0 Å². The number of hydrogen-bond acceptors (Lipinski definition) is 3. The third-order valence-corrected chi connectivity index (χ3v) is 4.17. The smallest absolute Gasteiger partial charge is 0.261 e. The van der Waals surface area contributed by atoms with Crippen LogP contribution in [0.1, 0.15) is 11.1 Å². The normalized spacial score (nSPS) is 11.4. The minimum atomic E-state index is -3.81. The number of halogens is 3. The van der Waals surface area contributed by atoms with Gasteiger partial charge in [0.1, 0.15) is 24.0 Å². The molecule has 0 aliphatic carbocycles. The van der Waals surface area contributed by atoms with Gasteiger partial charge in [0.05, 0.1) is 4.90 Å². The minimum absolute atomic E-state index is 0.0500. The van der Waals surface area contributed by atoms with Crippen molar-refractivity contribution in [2.75, 3.05) is 0 Å². The Morgan fingerprint density at radius 2 is 1.86 bits per heavy atom. The summed E-state index contributed by atoms with van der Waals surface area (Å²) < 4.78 is 54.2. The SMILES string of the molecule is Cc1cc(S(=O)(=O)Cl)ccc1OCc1cc(F)ccc1F. The van der Waals surface area contributed by atoms with Gasteiger partial charge in [0.2, 0.25) is 0 Å². The zero-order valence-corrected chi connectivity index (χ0v) is 12.5. The van der Waals surface area contributed by atoms with Gasteiger partial charge in [-0.1, -0.05) is 0 Å². The van der Waals surface area contributed by atoms with E-state index in [0.29, 0.717) is 11.3 Å². The zero-order valence-electron chi connectivity index (χ0n) is 10.9. The third kappa shape index (κ3) is 3.92. The highest BCUT2D eigenvalue weighted by Crippen LogP contribution is 2.25. The molecule has 2 rings (SSSR count). The first-order chi connectivity index (χ1) is 9.77. The second-order valence-electron chi connectivity index (χ2n) is 4.39. The summed E-state index contributed by atoms with van der Waals surface area (Å²) in [6.07, 6.45) is 0. The van der Waals surface area contributed by atoms with Crippen molar-refractivity contribution < 1.29 is 21.9 Å². The van der Waals surface area contributed by atoms with Crippen molar-refractivity contribution in [1.29, 1.82) is 0 Å². The van der Waals surface area contributed by atoms with E-state index in [1.165, 1.54) is 18.2 Å². The average molecular weight is 333 g/mol. The fourth-order valence-electron chi connectivity index (χ4n) is 1.74. The number of benzene rings is 2. The highest BCUT2D eigenvalue weighted by molar-refractivity contribution is 8.13. The van der Waals surface area contributed by atoms with E-state index in [-0.39, 0.29) is 17.1 Å². The van der Waals surface area contributed by atoms with Crippen LogP contribution in [0, 0.1) is 18.6 Å². The lowest BCUT2D eigenvalue weighted by molar-refractivity contribution is 0.297. The van der Waals surface area contributed by atoms with Crippen molar-refractivity contribution in [2.45, 2.75) is 18.4 Å². The summed E-state index contributed by atoms with van der Waals surface area (Å²) in [5.74, 6) is -0.771. The van der Waals surface area contributed by atoms with Crippen LogP contribution in [0.5, 0.6) is 5.75 Å². The van der Waals surface area contributed by atoms with E-state index in [0.717, 1.165) is 18.2 Å². The Kier molecular flexibility index (Phi) is 4.49. The summed E-state index contributed by atoms with van der Waals surface area (Å²) in [5.41, 5.74) is 0.594. The maximum Gasteiger partial charge on any atom is 0.261 e. The van der Waals surface area contributed by atoms with E-state index in [1.807, 2.05) is 0 Å². The van der Waals surface area contributed by atoms with Crippen LogP contribution in [-0.4, -0.2) is 8.42 Å². The molecule has 7 heteroatoms. The Bertz CT molecular complexity index is 776. The fourth-order valence-corrected chi connectivity index (χ4v) is 2.58. The predicted molar refractivity (Wildman–Crippen MR) is 74.9 cm³/mol. The van der Waals surface area contributed by atoms with Crippen molar-refractivity contribution in [2.24, 2.45) is 0 Å². The van der Waals surface area contributed by atoms with Gasteiger partial charge < -0.3 is 4.74 Å². The molecule has 112 valence electrons. The number of ether oxygens (including phenoxy) is 1. The summed E-state index contributed by atoms with van der Waals surface area (Å²) in [6, 6.07) is 7.13. The molecular weight excluding hydrogens is 322 g/mol. The molecule has 0 radical (unpaired) electrons.